The van der Waals surface area contributed by atoms with Crippen LogP contribution < -0.4 is 9.61 Å². The molecule has 1 heterocycles. The Bertz CT molecular complexity index is 378. The topological polar surface area (TPSA) is 68.5 Å². The lowest BCUT2D eigenvalue weighted by Gasteiger charge is -1.99. The predicted molar refractivity (Wildman–Crippen MR) is 47.6 cm³/mol. The van der Waals surface area contributed by atoms with Crippen molar-refractivity contribution < 1.29 is 14.6 Å². The van der Waals surface area contributed by atoms with Gasteiger partial charge in [-0.25, -0.2) is 4.79 Å². The largest absolute Gasteiger partial charge is 0.512 e. The Morgan fingerprint density at radius 1 is 1.69 bits per heavy atom. The van der Waals surface area contributed by atoms with Gasteiger partial charge in [-0.1, -0.05) is 0 Å². The van der Waals surface area contributed by atoms with E-state index in [1.54, 1.807) is 6.92 Å². The summed E-state index contributed by atoms with van der Waals surface area (Å²) in [7, 11) is 0. The maximum atomic E-state index is 11.2. The first-order chi connectivity index (χ1) is 6.06. The number of thiazole rings is 1. The van der Waals surface area contributed by atoms with Crippen LogP contribution in [-0.4, -0.2) is 15.8 Å². The normalized spacial score (nSPS) is 10.0. The molecular weight excluding hydrogens is 194 g/mol. The van der Waals surface area contributed by atoms with E-state index in [1.165, 1.54) is 4.57 Å². The number of hydrogen-bond acceptors (Lipinski definition) is 4. The Morgan fingerprint density at radius 3 is 2.69 bits per heavy atom. The zero-order chi connectivity index (χ0) is 10.0. The van der Waals surface area contributed by atoms with E-state index in [4.69, 9.17) is 5.11 Å². The van der Waals surface area contributed by atoms with E-state index in [1.807, 2.05) is 6.92 Å². The number of ether oxygens (including phenoxy) is 1. The van der Waals surface area contributed by atoms with E-state index in [9.17, 15) is 9.59 Å². The van der Waals surface area contributed by atoms with Gasteiger partial charge in [-0.3, -0.25) is 9.36 Å². The van der Waals surface area contributed by atoms with E-state index < -0.39 is 6.16 Å². The van der Waals surface area contributed by atoms with Gasteiger partial charge in [-0.15, -0.1) is 0 Å². The molecule has 0 saturated heterocycles. The average molecular weight is 203 g/mol. The van der Waals surface area contributed by atoms with Gasteiger partial charge in [-0.05, 0) is 25.2 Å². The number of aromatic nitrogens is 1. The van der Waals surface area contributed by atoms with E-state index >= 15 is 0 Å². The Hall–Kier alpha value is -1.30. The summed E-state index contributed by atoms with van der Waals surface area (Å²) in [6.07, 6.45) is -1.40. The second kappa shape index (κ2) is 3.61. The molecule has 0 aliphatic carbocycles. The molecule has 0 saturated carbocycles. The van der Waals surface area contributed by atoms with E-state index in [2.05, 4.69) is 4.74 Å². The van der Waals surface area contributed by atoms with Gasteiger partial charge in [0, 0.05) is 6.54 Å². The Morgan fingerprint density at radius 2 is 2.31 bits per heavy atom. The van der Waals surface area contributed by atoms with Gasteiger partial charge in [0.05, 0.1) is 5.69 Å². The molecule has 72 valence electrons. The first kappa shape index (κ1) is 9.79. The van der Waals surface area contributed by atoms with Gasteiger partial charge in [0.1, 0.15) is 0 Å². The number of hydrogen-bond donors (Lipinski definition) is 1. The number of carboxylic acid groups (broad SMARTS) is 1. The van der Waals surface area contributed by atoms with Crippen molar-refractivity contribution in [2.75, 3.05) is 0 Å². The van der Waals surface area contributed by atoms with Crippen molar-refractivity contribution in [2.45, 2.75) is 20.4 Å². The lowest BCUT2D eigenvalue weighted by molar-refractivity contribution is 0.145. The molecule has 6 heteroatoms. The summed E-state index contributed by atoms with van der Waals surface area (Å²) in [5, 5.41) is 8.49. The monoisotopic (exact) mass is 203 g/mol. The van der Waals surface area contributed by atoms with Crippen molar-refractivity contribution in [3.63, 3.8) is 0 Å². The minimum atomic E-state index is -1.40. The highest BCUT2D eigenvalue weighted by Gasteiger charge is 2.13. The van der Waals surface area contributed by atoms with Crippen LogP contribution in [0, 0.1) is 6.92 Å². The highest BCUT2D eigenvalue weighted by Crippen LogP contribution is 2.21. The van der Waals surface area contributed by atoms with Crippen molar-refractivity contribution >= 4 is 17.5 Å². The van der Waals surface area contributed by atoms with E-state index in [0.717, 1.165) is 11.3 Å². The maximum Gasteiger partial charge on any atom is 0.512 e. The van der Waals surface area contributed by atoms with E-state index in [0.29, 0.717) is 12.2 Å². The third-order valence-electron chi connectivity index (χ3n) is 1.60. The Balaban J connectivity index is 3.11. The highest BCUT2D eigenvalue weighted by molar-refractivity contribution is 7.11. The van der Waals surface area contributed by atoms with Gasteiger partial charge >= 0.3 is 11.0 Å². The van der Waals surface area contributed by atoms with Crippen molar-refractivity contribution in [2.24, 2.45) is 0 Å². The smallest absolute Gasteiger partial charge is 0.449 e. The second-order valence-electron chi connectivity index (χ2n) is 2.35. The number of carbonyl (C=O) groups is 1. The third-order valence-corrected chi connectivity index (χ3v) is 2.56. The summed E-state index contributed by atoms with van der Waals surface area (Å²) in [6.45, 7) is 3.98. The first-order valence-electron chi connectivity index (χ1n) is 3.67. The minimum Gasteiger partial charge on any atom is -0.449 e. The molecule has 1 rings (SSSR count). The molecule has 0 aliphatic heterocycles. The van der Waals surface area contributed by atoms with Gasteiger partial charge in [0.15, 0.2) is 0 Å². The van der Waals surface area contributed by atoms with Gasteiger partial charge in [0.25, 0.3) is 0 Å². The molecule has 0 aliphatic rings. The van der Waals surface area contributed by atoms with Crippen molar-refractivity contribution in [1.82, 2.24) is 4.57 Å². The van der Waals surface area contributed by atoms with Crippen LogP contribution in [0.5, 0.6) is 5.06 Å². The van der Waals surface area contributed by atoms with Crippen LogP contribution in [-0.2, 0) is 6.54 Å². The maximum absolute atomic E-state index is 11.2. The lowest BCUT2D eigenvalue weighted by Crippen LogP contribution is -2.12. The van der Waals surface area contributed by atoms with Crippen molar-refractivity contribution in [3.8, 4) is 5.06 Å². The van der Waals surface area contributed by atoms with Crippen LogP contribution in [0.25, 0.3) is 0 Å². The molecule has 13 heavy (non-hydrogen) atoms. The molecule has 1 N–H and O–H groups in total. The predicted octanol–water partition coefficient (Wildman–Crippen LogP) is 1.29. The molecular formula is C7H9NO4S. The number of rotatable bonds is 2. The minimum absolute atomic E-state index is 0.152. The molecule has 0 atom stereocenters. The van der Waals surface area contributed by atoms with Crippen molar-refractivity contribution in [1.29, 1.82) is 0 Å². The van der Waals surface area contributed by atoms with Crippen LogP contribution in [0.3, 0.4) is 0 Å². The molecule has 0 spiro atoms. The van der Waals surface area contributed by atoms with Crippen LogP contribution in [0.15, 0.2) is 4.79 Å². The molecule has 0 unspecified atom stereocenters. The summed E-state index contributed by atoms with van der Waals surface area (Å²) in [5.74, 6) is 0. The first-order valence-corrected chi connectivity index (χ1v) is 4.49. The summed E-state index contributed by atoms with van der Waals surface area (Å²) in [5.41, 5.74) is 0.555. The highest BCUT2D eigenvalue weighted by atomic mass is 32.1. The second-order valence-corrected chi connectivity index (χ2v) is 3.28. The SMILES string of the molecule is CCn1c(C)c(OC(=O)O)sc1=O. The fourth-order valence-corrected chi connectivity index (χ4v) is 1.90. The third kappa shape index (κ3) is 1.89. The van der Waals surface area contributed by atoms with Gasteiger partial charge < -0.3 is 9.84 Å². The van der Waals surface area contributed by atoms with Crippen molar-refractivity contribution in [3.05, 3.63) is 15.4 Å². The van der Waals surface area contributed by atoms with Crippen LogP contribution >= 0.6 is 11.3 Å². The molecule has 0 radical (unpaired) electrons. The fourth-order valence-electron chi connectivity index (χ4n) is 0.996. The van der Waals surface area contributed by atoms with Gasteiger partial charge in [0.2, 0.25) is 5.06 Å². The van der Waals surface area contributed by atoms with Crippen LogP contribution in [0.4, 0.5) is 4.79 Å². The zero-order valence-corrected chi connectivity index (χ0v) is 8.05. The number of nitrogens with zero attached hydrogens (tertiary/aromatic N) is 1. The molecule has 1 aromatic rings. The average Bonchev–Trinajstić information content (AvgIpc) is 2.26. The molecule has 5 nitrogen and oxygen atoms in total. The summed E-state index contributed by atoms with van der Waals surface area (Å²) in [6, 6.07) is 0. The summed E-state index contributed by atoms with van der Waals surface area (Å²) >= 11 is 0.798. The Kier molecular flexibility index (Phi) is 2.72. The summed E-state index contributed by atoms with van der Waals surface area (Å²) in [4.78, 5) is 21.2. The molecule has 1 aromatic heterocycles. The Labute approximate surface area is 78.2 Å². The summed E-state index contributed by atoms with van der Waals surface area (Å²) < 4.78 is 5.88. The van der Waals surface area contributed by atoms with Crippen LogP contribution in [0.2, 0.25) is 0 Å². The standard InChI is InChI=1S/C7H9NO4S/c1-3-8-4(2)5(12-7(10)11)13-6(8)9/h3H2,1-2H3,(H,10,11). The molecule has 0 amide bonds. The molecule has 0 fully saturated rings. The zero-order valence-electron chi connectivity index (χ0n) is 7.23. The van der Waals surface area contributed by atoms with Crippen LogP contribution in [0.1, 0.15) is 12.6 Å². The lowest BCUT2D eigenvalue weighted by atomic mass is 10.5. The molecule has 0 aromatic carbocycles. The molecule has 0 bridgehead atoms. The van der Waals surface area contributed by atoms with Gasteiger partial charge in [-0.2, -0.15) is 0 Å². The van der Waals surface area contributed by atoms with E-state index in [-0.39, 0.29) is 9.94 Å². The fraction of sp³-hybridized carbons (Fsp3) is 0.429. The quantitative estimate of drug-likeness (QED) is 0.735.